The minimum absolute atomic E-state index is 0.572. The van der Waals surface area contributed by atoms with Gasteiger partial charge in [-0.2, -0.15) is 9.97 Å². The summed E-state index contributed by atoms with van der Waals surface area (Å²) in [6, 6.07) is 153. The van der Waals surface area contributed by atoms with Crippen LogP contribution in [0.25, 0.3) is 212 Å². The average molecular weight is 1740 g/mol. The van der Waals surface area contributed by atoms with Gasteiger partial charge >= 0.3 is 0 Å². The number of para-hydroxylation sites is 5. The van der Waals surface area contributed by atoms with Crippen LogP contribution in [0.15, 0.2) is 449 Å². The lowest BCUT2D eigenvalue weighted by Gasteiger charge is -2.14. The van der Waals surface area contributed by atoms with Crippen LogP contribution in [0, 0.1) is 49.4 Å². The highest BCUT2D eigenvalue weighted by Crippen LogP contribution is 2.42. The van der Waals surface area contributed by atoms with Crippen LogP contribution in [0.1, 0.15) is 22.3 Å². The van der Waals surface area contributed by atoms with Gasteiger partial charge < -0.3 is 9.13 Å². The molecule has 7 heterocycles. The van der Waals surface area contributed by atoms with Crippen LogP contribution in [-0.2, 0) is 0 Å². The van der Waals surface area contributed by atoms with Crippen molar-refractivity contribution >= 4 is 98.1 Å². The summed E-state index contributed by atoms with van der Waals surface area (Å²) < 4.78 is 8.84. The first-order chi connectivity index (χ1) is 67.2. The van der Waals surface area contributed by atoms with Gasteiger partial charge in [-0.25, -0.2) is 29.9 Å². The number of nitrogens with zero attached hydrogens (tertiary/aromatic N) is 12. The van der Waals surface area contributed by atoms with Crippen molar-refractivity contribution in [3.05, 3.63) is 471 Å². The van der Waals surface area contributed by atoms with E-state index < -0.39 is 0 Å². The number of hydrogen-bond donors (Lipinski definition) is 0. The zero-order valence-electron chi connectivity index (χ0n) is 73.4. The second-order valence-electron chi connectivity index (χ2n) is 32.8. The van der Waals surface area contributed by atoms with Crippen LogP contribution in [0.2, 0.25) is 0 Å². The number of benzene rings is 18. The Morgan fingerprint density at radius 3 is 0.794 bits per heavy atom. The van der Waals surface area contributed by atoms with Crippen molar-refractivity contribution in [2.24, 2.45) is 0 Å². The summed E-state index contributed by atoms with van der Waals surface area (Å²) in [5.41, 5.74) is 26.6. The molecule has 25 rings (SSSR count). The minimum Gasteiger partial charge on any atom is -0.309 e. The molecule has 0 N–H and O–H groups in total. The van der Waals surface area contributed by atoms with Gasteiger partial charge in [-0.1, -0.05) is 339 Å². The average Bonchev–Trinajstić information content (AvgIpc) is 1.60. The maximum Gasteiger partial charge on any atom is 0.238 e. The third-order valence-corrected chi connectivity index (χ3v) is 24.5. The van der Waals surface area contributed by atoms with Crippen LogP contribution in [0.4, 0.5) is 0 Å². The van der Waals surface area contributed by atoms with Crippen molar-refractivity contribution in [2.75, 3.05) is 0 Å². The maximum atomic E-state index is 5.72. The standard InChI is InChI=1S/C35H22N4.C32H21N.C29H18N4.C28H17N3/c1-2-24-20-21-32-30(22-24)29-18-9-10-19-31(29)39(32)28-17-11-16-27(23-28)35-37-33(25-12-5-3-6-13-25)36-34(38-35)26-14-7-4-8-15-26;1-2-23-17-18-32-30(19-23)29-15-9-10-16-31(29)33(32)28-21-26(24-11-5-3-6-12-24)20-27(22-28)25-13-7-4-8-14-25;1-2-20-17-18-26-24(19-20)23-15-9-10-16-25(23)33(26)29-31-27(21-11-5-3-6-12-21)30-28(32-29)22-13-7-4-8-14-22;1-2-19-16-17-26-23(18-19)21-12-7-9-15-25(21)31(26)28-29-24-14-8-6-13-22(24)27(30-28)20-10-4-3-5-11-20/h1,3-23H;1,3-22H;1,3-19H;1,3-18H. The van der Waals surface area contributed by atoms with E-state index >= 15 is 0 Å². The molecule has 0 atom stereocenters. The first kappa shape index (κ1) is 82.4. The van der Waals surface area contributed by atoms with Crippen molar-refractivity contribution in [3.63, 3.8) is 0 Å². The molecule has 634 valence electrons. The van der Waals surface area contributed by atoms with Gasteiger partial charge in [0, 0.05) is 115 Å². The summed E-state index contributed by atoms with van der Waals surface area (Å²) in [5.74, 6) is 15.4. The molecule has 0 aliphatic rings. The van der Waals surface area contributed by atoms with Gasteiger partial charge in [-0.3, -0.25) is 9.13 Å². The molecule has 0 saturated heterocycles. The predicted molar refractivity (Wildman–Crippen MR) is 558 cm³/mol. The molecule has 0 aliphatic carbocycles. The summed E-state index contributed by atoms with van der Waals surface area (Å²) in [5, 5.41) is 10.1. The molecule has 12 nitrogen and oxygen atoms in total. The smallest absolute Gasteiger partial charge is 0.238 e. The van der Waals surface area contributed by atoms with Gasteiger partial charge in [0.25, 0.3) is 0 Å². The molecule has 136 heavy (non-hydrogen) atoms. The molecule has 7 aromatic heterocycles. The van der Waals surface area contributed by atoms with E-state index in [2.05, 4.69) is 266 Å². The fraction of sp³-hybridized carbons (Fsp3) is 0. The van der Waals surface area contributed by atoms with Crippen molar-refractivity contribution in [1.29, 1.82) is 0 Å². The molecule has 0 unspecified atom stereocenters. The lowest BCUT2D eigenvalue weighted by atomic mass is 9.98. The fourth-order valence-corrected chi connectivity index (χ4v) is 18.2. The molecule has 0 fully saturated rings. The van der Waals surface area contributed by atoms with E-state index in [0.29, 0.717) is 41.0 Å². The topological polar surface area (TPSA) is 123 Å². The van der Waals surface area contributed by atoms with Gasteiger partial charge in [0.1, 0.15) is 0 Å². The summed E-state index contributed by atoms with van der Waals surface area (Å²) in [4.78, 5) is 39.3. The molecular weight excluding hydrogens is 1660 g/mol. The van der Waals surface area contributed by atoms with Crippen LogP contribution in [0.3, 0.4) is 0 Å². The SMILES string of the molecule is C#Cc1ccc2c(c1)c1ccccc1n2-c1cc(-c2ccccc2)cc(-c2ccccc2)c1.C#Cc1ccc2c(c1)c1ccccc1n2-c1cccc(-c2nc(-c3ccccc3)nc(-c3ccccc3)n2)c1.C#Cc1ccc2c(c1)c1ccccc1n2-c1nc(-c2ccccc2)c2ccccc2n1.C#Cc1ccc2c(c1)c1ccccc1n2-c1nc(-c2ccccc2)nc(-c2ccccc2)n1. The summed E-state index contributed by atoms with van der Waals surface area (Å²) in [6.07, 6.45) is 22.8. The minimum atomic E-state index is 0.572. The number of terminal acetylenes is 4. The lowest BCUT2D eigenvalue weighted by molar-refractivity contribution is 0.953. The Balaban J connectivity index is 0.000000105. The second kappa shape index (κ2) is 36.4. The van der Waals surface area contributed by atoms with E-state index in [-0.39, 0.29) is 0 Å². The normalized spacial score (nSPS) is 11.1. The molecule has 12 heteroatoms. The van der Waals surface area contributed by atoms with Gasteiger partial charge in [0.05, 0.1) is 55.3 Å². The first-order valence-electron chi connectivity index (χ1n) is 44.7. The molecule has 0 spiro atoms. The largest absolute Gasteiger partial charge is 0.309 e. The maximum absolute atomic E-state index is 5.72. The van der Waals surface area contributed by atoms with Gasteiger partial charge in [-0.15, -0.1) is 25.7 Å². The third-order valence-electron chi connectivity index (χ3n) is 24.5. The third kappa shape index (κ3) is 15.9. The highest BCUT2D eigenvalue weighted by atomic mass is 15.2. The Morgan fingerprint density at radius 2 is 0.426 bits per heavy atom. The Bertz CT molecular complexity index is 8640. The van der Waals surface area contributed by atoms with E-state index in [0.717, 1.165) is 155 Å². The van der Waals surface area contributed by atoms with Crippen molar-refractivity contribution in [2.45, 2.75) is 0 Å². The molecule has 0 radical (unpaired) electrons. The summed E-state index contributed by atoms with van der Waals surface area (Å²) >= 11 is 0. The Morgan fingerprint density at radius 1 is 0.162 bits per heavy atom. The van der Waals surface area contributed by atoms with Crippen molar-refractivity contribution in [1.82, 2.24) is 58.1 Å². The van der Waals surface area contributed by atoms with Gasteiger partial charge in [0.15, 0.2) is 29.1 Å². The summed E-state index contributed by atoms with van der Waals surface area (Å²) in [7, 11) is 0. The second-order valence-corrected chi connectivity index (χ2v) is 32.8. The van der Waals surface area contributed by atoms with Crippen molar-refractivity contribution < 1.29 is 0 Å². The van der Waals surface area contributed by atoms with E-state index in [4.69, 9.17) is 65.6 Å². The predicted octanol–water partition coefficient (Wildman–Crippen LogP) is 28.7. The molecule has 18 aromatic carbocycles. The molecule has 0 amide bonds. The highest BCUT2D eigenvalue weighted by molar-refractivity contribution is 6.13. The van der Waals surface area contributed by atoms with E-state index in [9.17, 15) is 0 Å². The van der Waals surface area contributed by atoms with Crippen LogP contribution >= 0.6 is 0 Å². The first-order valence-corrected chi connectivity index (χ1v) is 44.7. The molecule has 0 bridgehead atoms. The van der Waals surface area contributed by atoms with Gasteiger partial charge in [-0.05, 0) is 156 Å². The van der Waals surface area contributed by atoms with Gasteiger partial charge in [0.2, 0.25) is 11.9 Å². The van der Waals surface area contributed by atoms with E-state index in [1.165, 1.54) is 38.5 Å². The van der Waals surface area contributed by atoms with Crippen LogP contribution in [0.5, 0.6) is 0 Å². The van der Waals surface area contributed by atoms with Crippen molar-refractivity contribution in [3.8, 4) is 163 Å². The Hall–Kier alpha value is -19.2. The number of fused-ring (bicyclic) bond motifs is 13. The quantitative estimate of drug-likeness (QED) is 0.111. The van der Waals surface area contributed by atoms with E-state index in [1.807, 2.05) is 224 Å². The summed E-state index contributed by atoms with van der Waals surface area (Å²) in [6.45, 7) is 0. The molecular formula is C124H78N12. The monoisotopic (exact) mass is 1730 g/mol. The highest BCUT2D eigenvalue weighted by Gasteiger charge is 2.24. The Labute approximate surface area is 785 Å². The number of rotatable bonds is 12. The Kier molecular flexibility index (Phi) is 22.0. The van der Waals surface area contributed by atoms with Crippen LogP contribution < -0.4 is 0 Å². The fourth-order valence-electron chi connectivity index (χ4n) is 18.2. The lowest BCUT2D eigenvalue weighted by Crippen LogP contribution is -2.06. The van der Waals surface area contributed by atoms with E-state index in [1.54, 1.807) is 0 Å². The van der Waals surface area contributed by atoms with Crippen LogP contribution in [-0.4, -0.2) is 58.1 Å². The molecule has 0 aliphatic heterocycles. The number of hydrogen-bond acceptors (Lipinski definition) is 8. The molecule has 0 saturated carbocycles. The number of aromatic nitrogens is 12. The zero-order valence-corrected chi connectivity index (χ0v) is 73.4. The zero-order chi connectivity index (χ0) is 91.4. The molecule has 25 aromatic rings.